The zero-order chi connectivity index (χ0) is 12.0. The summed E-state index contributed by atoms with van der Waals surface area (Å²) in [5.74, 6) is 0. The lowest BCUT2D eigenvalue weighted by Gasteiger charge is -2.31. The molecule has 0 radical (unpaired) electrons. The van der Waals surface area contributed by atoms with E-state index in [-0.39, 0.29) is 5.54 Å². The summed E-state index contributed by atoms with van der Waals surface area (Å²) in [6.07, 6.45) is 7.10. The number of allylic oxidation sites excluding steroid dienone is 1. The Kier molecular flexibility index (Phi) is 5.16. The Morgan fingerprint density at radius 1 is 1.69 bits per heavy atom. The van der Waals surface area contributed by atoms with Gasteiger partial charge in [0, 0.05) is 17.6 Å². The highest BCUT2D eigenvalue weighted by atomic mass is 32.1. The van der Waals surface area contributed by atoms with Crippen molar-refractivity contribution in [3.05, 3.63) is 29.2 Å². The molecule has 0 aliphatic heterocycles. The van der Waals surface area contributed by atoms with Crippen molar-refractivity contribution in [1.82, 2.24) is 10.3 Å². The van der Waals surface area contributed by atoms with Crippen LogP contribution in [0.4, 0.5) is 0 Å². The average molecular weight is 238 g/mol. The van der Waals surface area contributed by atoms with Gasteiger partial charge in [0.25, 0.3) is 0 Å². The number of aromatic nitrogens is 1. The first-order valence-corrected chi connectivity index (χ1v) is 6.79. The first kappa shape index (κ1) is 13.4. The van der Waals surface area contributed by atoms with Crippen LogP contribution in [0.1, 0.15) is 45.0 Å². The highest BCUT2D eigenvalue weighted by Crippen LogP contribution is 2.27. The van der Waals surface area contributed by atoms with E-state index in [9.17, 15) is 0 Å². The van der Waals surface area contributed by atoms with Crippen LogP contribution in [-0.2, 0) is 5.54 Å². The Morgan fingerprint density at radius 3 is 2.94 bits per heavy atom. The van der Waals surface area contributed by atoms with Gasteiger partial charge in [0.05, 0.1) is 5.54 Å². The number of nitrogens with one attached hydrogen (secondary N) is 1. The fraction of sp³-hybridized carbons (Fsp3) is 0.615. The lowest BCUT2D eigenvalue weighted by Crippen LogP contribution is -2.44. The molecule has 1 heterocycles. The van der Waals surface area contributed by atoms with Crippen molar-refractivity contribution in [2.24, 2.45) is 0 Å². The number of hydrogen-bond acceptors (Lipinski definition) is 3. The second kappa shape index (κ2) is 6.16. The maximum atomic E-state index is 4.43. The SMILES string of the molecule is C=CCCC(C)NC(C)(CC)c1nccs1. The molecule has 1 N–H and O–H groups in total. The quantitative estimate of drug-likeness (QED) is 0.732. The van der Waals surface area contributed by atoms with Crippen LogP contribution >= 0.6 is 11.3 Å². The van der Waals surface area contributed by atoms with E-state index in [1.165, 1.54) is 5.01 Å². The molecule has 0 saturated carbocycles. The van der Waals surface area contributed by atoms with Crippen molar-refractivity contribution < 1.29 is 0 Å². The van der Waals surface area contributed by atoms with Gasteiger partial charge in [-0.25, -0.2) is 4.98 Å². The molecule has 0 bridgehead atoms. The molecule has 16 heavy (non-hydrogen) atoms. The molecule has 2 unspecified atom stereocenters. The number of rotatable bonds is 7. The maximum absolute atomic E-state index is 4.43. The minimum atomic E-state index is 0.00868. The Balaban J connectivity index is 2.63. The van der Waals surface area contributed by atoms with Gasteiger partial charge in [0.2, 0.25) is 0 Å². The van der Waals surface area contributed by atoms with Gasteiger partial charge in [-0.3, -0.25) is 0 Å². The van der Waals surface area contributed by atoms with Crippen LogP contribution in [0.15, 0.2) is 24.2 Å². The Morgan fingerprint density at radius 2 is 2.44 bits per heavy atom. The van der Waals surface area contributed by atoms with E-state index in [4.69, 9.17) is 0 Å². The summed E-state index contributed by atoms with van der Waals surface area (Å²) in [5.41, 5.74) is 0.00868. The normalized spacial score (nSPS) is 16.7. The van der Waals surface area contributed by atoms with E-state index in [0.29, 0.717) is 6.04 Å². The minimum Gasteiger partial charge on any atom is -0.303 e. The molecule has 0 aliphatic rings. The van der Waals surface area contributed by atoms with Crippen molar-refractivity contribution >= 4 is 11.3 Å². The number of nitrogens with zero attached hydrogens (tertiary/aromatic N) is 1. The van der Waals surface area contributed by atoms with Crippen molar-refractivity contribution in [3.8, 4) is 0 Å². The summed E-state index contributed by atoms with van der Waals surface area (Å²) in [6, 6.07) is 0.492. The third-order valence-electron chi connectivity index (χ3n) is 2.98. The van der Waals surface area contributed by atoms with Gasteiger partial charge in [-0.1, -0.05) is 13.0 Å². The van der Waals surface area contributed by atoms with Crippen LogP contribution in [0.2, 0.25) is 0 Å². The molecule has 1 aromatic heterocycles. The van der Waals surface area contributed by atoms with E-state index < -0.39 is 0 Å². The Hall–Kier alpha value is -0.670. The largest absolute Gasteiger partial charge is 0.303 e. The molecule has 2 atom stereocenters. The van der Waals surface area contributed by atoms with Crippen molar-refractivity contribution in [2.75, 3.05) is 0 Å². The lowest BCUT2D eigenvalue weighted by molar-refractivity contribution is 0.304. The summed E-state index contributed by atoms with van der Waals surface area (Å²) in [4.78, 5) is 4.43. The van der Waals surface area contributed by atoms with E-state index in [2.05, 4.69) is 37.7 Å². The van der Waals surface area contributed by atoms with Crippen LogP contribution in [0.5, 0.6) is 0 Å². The molecule has 0 amide bonds. The molecular formula is C13H22N2S. The van der Waals surface area contributed by atoms with Gasteiger partial charge < -0.3 is 5.32 Å². The summed E-state index contributed by atoms with van der Waals surface area (Å²) < 4.78 is 0. The maximum Gasteiger partial charge on any atom is 0.112 e. The molecular weight excluding hydrogens is 216 g/mol. The van der Waals surface area contributed by atoms with E-state index in [1.807, 2.05) is 17.7 Å². The monoisotopic (exact) mass is 238 g/mol. The molecule has 1 aromatic rings. The predicted molar refractivity (Wildman–Crippen MR) is 71.8 cm³/mol. The van der Waals surface area contributed by atoms with Gasteiger partial charge >= 0.3 is 0 Å². The van der Waals surface area contributed by atoms with Crippen molar-refractivity contribution in [2.45, 2.75) is 51.6 Å². The van der Waals surface area contributed by atoms with E-state index >= 15 is 0 Å². The smallest absolute Gasteiger partial charge is 0.112 e. The van der Waals surface area contributed by atoms with Crippen LogP contribution in [0, 0.1) is 0 Å². The number of hydrogen-bond donors (Lipinski definition) is 1. The molecule has 0 aliphatic carbocycles. The van der Waals surface area contributed by atoms with Gasteiger partial charge in [-0.2, -0.15) is 0 Å². The van der Waals surface area contributed by atoms with Crippen LogP contribution in [-0.4, -0.2) is 11.0 Å². The van der Waals surface area contributed by atoms with Gasteiger partial charge in [-0.15, -0.1) is 17.9 Å². The molecule has 0 spiro atoms. The molecule has 3 heteroatoms. The first-order valence-electron chi connectivity index (χ1n) is 5.91. The third kappa shape index (κ3) is 3.42. The molecule has 0 fully saturated rings. The highest BCUT2D eigenvalue weighted by Gasteiger charge is 2.28. The molecule has 2 nitrogen and oxygen atoms in total. The second-order valence-electron chi connectivity index (χ2n) is 4.43. The molecule has 90 valence electrons. The van der Waals surface area contributed by atoms with E-state index in [1.54, 1.807) is 11.3 Å². The summed E-state index contributed by atoms with van der Waals surface area (Å²) in [6.45, 7) is 10.4. The Bertz CT molecular complexity index is 308. The van der Waals surface area contributed by atoms with Crippen LogP contribution in [0.25, 0.3) is 0 Å². The predicted octanol–water partition coefficient (Wildman–Crippen LogP) is 3.71. The topological polar surface area (TPSA) is 24.9 Å². The summed E-state index contributed by atoms with van der Waals surface area (Å²) in [5, 5.41) is 6.90. The standard InChI is InChI=1S/C13H22N2S/c1-5-7-8-11(3)15-13(4,6-2)12-14-9-10-16-12/h5,9-11,15H,1,6-8H2,2-4H3. The minimum absolute atomic E-state index is 0.00868. The fourth-order valence-corrected chi connectivity index (χ4v) is 2.63. The first-order chi connectivity index (χ1) is 7.62. The van der Waals surface area contributed by atoms with E-state index in [0.717, 1.165) is 19.3 Å². The van der Waals surface area contributed by atoms with Gasteiger partial charge in [0.1, 0.15) is 5.01 Å². The van der Waals surface area contributed by atoms with Crippen molar-refractivity contribution in [1.29, 1.82) is 0 Å². The number of thiazole rings is 1. The lowest BCUT2D eigenvalue weighted by atomic mass is 9.97. The zero-order valence-corrected chi connectivity index (χ0v) is 11.3. The molecule has 1 rings (SSSR count). The fourth-order valence-electron chi connectivity index (χ4n) is 1.79. The van der Waals surface area contributed by atoms with Crippen molar-refractivity contribution in [3.63, 3.8) is 0 Å². The van der Waals surface area contributed by atoms with Gasteiger partial charge in [-0.05, 0) is 33.1 Å². The third-order valence-corrected chi connectivity index (χ3v) is 4.02. The summed E-state index contributed by atoms with van der Waals surface area (Å²) >= 11 is 1.73. The van der Waals surface area contributed by atoms with Gasteiger partial charge in [0.15, 0.2) is 0 Å². The average Bonchev–Trinajstić information content (AvgIpc) is 2.80. The summed E-state index contributed by atoms with van der Waals surface area (Å²) in [7, 11) is 0. The van der Waals surface area contributed by atoms with Crippen LogP contribution in [0.3, 0.4) is 0 Å². The molecule has 0 saturated heterocycles. The van der Waals surface area contributed by atoms with Crippen LogP contribution < -0.4 is 5.32 Å². The molecule has 0 aromatic carbocycles. The zero-order valence-electron chi connectivity index (χ0n) is 10.5. The highest BCUT2D eigenvalue weighted by molar-refractivity contribution is 7.09. The second-order valence-corrected chi connectivity index (χ2v) is 5.33. The Labute approximate surface area is 103 Å².